The second kappa shape index (κ2) is 4.40. The molecule has 0 atom stereocenters. The predicted molar refractivity (Wildman–Crippen MR) is 62.7 cm³/mol. The Bertz CT molecular complexity index is 296. The molecule has 1 rings (SSSR count). The molecule has 0 radical (unpaired) electrons. The van der Waals surface area contributed by atoms with Crippen molar-refractivity contribution in [2.45, 2.75) is 7.59 Å². The molecule has 0 aliphatic rings. The number of rotatable bonds is 0. The smallest absolute Gasteiger partial charge is 0.232 e. The van der Waals surface area contributed by atoms with Gasteiger partial charge in [-0.25, -0.2) is 0 Å². The average Bonchev–Trinajstić information content (AvgIpc) is 2.01. The van der Waals surface area contributed by atoms with Gasteiger partial charge in [-0.05, 0) is 12.1 Å². The highest BCUT2D eigenvalue weighted by molar-refractivity contribution is 6.67. The van der Waals surface area contributed by atoms with Crippen molar-refractivity contribution in [1.29, 1.82) is 0 Å². The number of pyridine rings is 1. The lowest BCUT2D eigenvalue weighted by Gasteiger charge is -2.15. The van der Waals surface area contributed by atoms with Gasteiger partial charge in [0.25, 0.3) is 0 Å². The van der Waals surface area contributed by atoms with Crippen molar-refractivity contribution in [3.05, 3.63) is 29.6 Å². The van der Waals surface area contributed by atoms with E-state index in [0.29, 0.717) is 5.56 Å². The molecular formula is C7H3Cl6N. The minimum absolute atomic E-state index is 0.214. The largest absolute Gasteiger partial charge is 0.257 e. The topological polar surface area (TPSA) is 12.9 Å². The molecule has 0 aliphatic heterocycles. The molecule has 0 spiro atoms. The third-order valence-corrected chi connectivity index (χ3v) is 2.61. The standard InChI is InChI=1S/C7H3Cl6N/c8-6(9,10)4-1-2-14-5(3-4)7(11,12)13/h1-3H. The van der Waals surface area contributed by atoms with Crippen molar-refractivity contribution in [2.75, 3.05) is 0 Å². The summed E-state index contributed by atoms with van der Waals surface area (Å²) in [6, 6.07) is 2.97. The lowest BCUT2D eigenvalue weighted by atomic mass is 10.2. The van der Waals surface area contributed by atoms with Gasteiger partial charge in [0.1, 0.15) is 0 Å². The van der Waals surface area contributed by atoms with Gasteiger partial charge in [-0.15, -0.1) is 0 Å². The van der Waals surface area contributed by atoms with E-state index in [1.54, 1.807) is 0 Å². The summed E-state index contributed by atoms with van der Waals surface area (Å²) < 4.78 is -3.17. The number of halogens is 6. The first kappa shape index (κ1) is 13.0. The Morgan fingerprint density at radius 3 is 1.93 bits per heavy atom. The highest BCUT2D eigenvalue weighted by Crippen LogP contribution is 2.42. The van der Waals surface area contributed by atoms with Crippen LogP contribution in [0.1, 0.15) is 11.3 Å². The molecule has 78 valence electrons. The Kier molecular flexibility index (Phi) is 4.08. The summed E-state index contributed by atoms with van der Waals surface area (Å²) in [6.45, 7) is 0. The fraction of sp³-hybridized carbons (Fsp3) is 0.286. The van der Waals surface area contributed by atoms with Crippen molar-refractivity contribution in [3.8, 4) is 0 Å². The van der Waals surface area contributed by atoms with Crippen LogP contribution in [0.25, 0.3) is 0 Å². The Morgan fingerprint density at radius 1 is 0.929 bits per heavy atom. The molecule has 0 aromatic carbocycles. The molecule has 0 saturated carbocycles. The van der Waals surface area contributed by atoms with E-state index < -0.39 is 7.59 Å². The minimum Gasteiger partial charge on any atom is -0.257 e. The van der Waals surface area contributed by atoms with E-state index >= 15 is 0 Å². The molecule has 0 N–H and O–H groups in total. The third-order valence-electron chi connectivity index (χ3n) is 1.38. The summed E-state index contributed by atoms with van der Waals surface area (Å²) in [6.07, 6.45) is 1.41. The summed E-state index contributed by atoms with van der Waals surface area (Å²) in [5.74, 6) is 0. The first-order valence-electron chi connectivity index (χ1n) is 3.32. The maximum Gasteiger partial charge on any atom is 0.232 e. The monoisotopic (exact) mass is 311 g/mol. The molecular weight excluding hydrogens is 311 g/mol. The molecule has 1 aromatic heterocycles. The number of hydrogen-bond donors (Lipinski definition) is 0. The van der Waals surface area contributed by atoms with Gasteiger partial charge in [-0.1, -0.05) is 69.6 Å². The maximum atomic E-state index is 5.65. The van der Waals surface area contributed by atoms with Crippen LogP contribution in [0, 0.1) is 0 Å². The lowest BCUT2D eigenvalue weighted by Crippen LogP contribution is -2.07. The fourth-order valence-corrected chi connectivity index (χ4v) is 1.42. The lowest BCUT2D eigenvalue weighted by molar-refractivity contribution is 1.05. The van der Waals surface area contributed by atoms with Gasteiger partial charge < -0.3 is 0 Å². The molecule has 1 heterocycles. The van der Waals surface area contributed by atoms with E-state index in [1.165, 1.54) is 18.3 Å². The van der Waals surface area contributed by atoms with Crippen molar-refractivity contribution in [3.63, 3.8) is 0 Å². The number of alkyl halides is 6. The molecule has 0 aliphatic carbocycles. The van der Waals surface area contributed by atoms with E-state index in [-0.39, 0.29) is 5.69 Å². The van der Waals surface area contributed by atoms with Crippen LogP contribution in [0.4, 0.5) is 0 Å². The molecule has 1 aromatic rings. The first-order chi connectivity index (χ1) is 6.21. The fourth-order valence-electron chi connectivity index (χ4n) is 0.762. The van der Waals surface area contributed by atoms with Gasteiger partial charge in [0.15, 0.2) is 0 Å². The van der Waals surface area contributed by atoms with Crippen LogP contribution in [0.5, 0.6) is 0 Å². The van der Waals surface area contributed by atoms with E-state index in [1.807, 2.05) is 0 Å². The SMILES string of the molecule is ClC(Cl)(Cl)c1ccnc(C(Cl)(Cl)Cl)c1. The quantitative estimate of drug-likeness (QED) is 0.631. The van der Waals surface area contributed by atoms with Crippen molar-refractivity contribution in [2.24, 2.45) is 0 Å². The maximum absolute atomic E-state index is 5.65. The molecule has 7 heteroatoms. The Morgan fingerprint density at radius 2 is 1.50 bits per heavy atom. The molecule has 0 bridgehead atoms. The van der Waals surface area contributed by atoms with E-state index in [4.69, 9.17) is 69.6 Å². The van der Waals surface area contributed by atoms with Gasteiger partial charge in [-0.2, -0.15) is 0 Å². The molecule has 14 heavy (non-hydrogen) atoms. The minimum atomic E-state index is -1.62. The molecule has 0 unspecified atom stereocenters. The Balaban J connectivity index is 3.15. The number of nitrogens with zero attached hydrogens (tertiary/aromatic N) is 1. The van der Waals surface area contributed by atoms with Crippen LogP contribution in [-0.2, 0) is 7.59 Å². The second-order valence-corrected chi connectivity index (χ2v) is 6.99. The first-order valence-corrected chi connectivity index (χ1v) is 5.58. The zero-order chi connectivity index (χ0) is 11.0. The molecule has 1 nitrogen and oxygen atoms in total. The molecule has 0 amide bonds. The third kappa shape index (κ3) is 3.48. The highest BCUT2D eigenvalue weighted by Gasteiger charge is 2.29. The van der Waals surface area contributed by atoms with Crippen LogP contribution >= 0.6 is 69.6 Å². The van der Waals surface area contributed by atoms with Gasteiger partial charge >= 0.3 is 0 Å². The van der Waals surface area contributed by atoms with E-state index in [0.717, 1.165) is 0 Å². The second-order valence-electron chi connectivity index (χ2n) is 2.43. The van der Waals surface area contributed by atoms with Crippen LogP contribution < -0.4 is 0 Å². The highest BCUT2D eigenvalue weighted by atomic mass is 35.6. The molecule has 0 saturated heterocycles. The zero-order valence-electron chi connectivity index (χ0n) is 6.45. The Labute approximate surface area is 111 Å². The number of hydrogen-bond acceptors (Lipinski definition) is 1. The van der Waals surface area contributed by atoms with Gasteiger partial charge in [0.2, 0.25) is 7.59 Å². The predicted octanol–water partition coefficient (Wildman–Crippen LogP) is 4.74. The summed E-state index contributed by atoms with van der Waals surface area (Å²) >= 11 is 33.8. The van der Waals surface area contributed by atoms with E-state index in [2.05, 4.69) is 4.98 Å². The van der Waals surface area contributed by atoms with Crippen molar-refractivity contribution in [1.82, 2.24) is 4.98 Å². The normalized spacial score (nSPS) is 13.0. The zero-order valence-corrected chi connectivity index (χ0v) is 11.0. The van der Waals surface area contributed by atoms with Crippen LogP contribution in [0.2, 0.25) is 0 Å². The summed E-state index contributed by atoms with van der Waals surface area (Å²) in [5.41, 5.74) is 0.616. The van der Waals surface area contributed by atoms with E-state index in [9.17, 15) is 0 Å². The summed E-state index contributed by atoms with van der Waals surface area (Å²) in [7, 11) is 0. The average molecular weight is 314 g/mol. The molecule has 0 fully saturated rings. The van der Waals surface area contributed by atoms with Gasteiger partial charge in [-0.3, -0.25) is 4.98 Å². The van der Waals surface area contributed by atoms with Gasteiger partial charge in [0.05, 0.1) is 5.69 Å². The van der Waals surface area contributed by atoms with Crippen molar-refractivity contribution >= 4 is 69.6 Å². The summed E-state index contributed by atoms with van der Waals surface area (Å²) in [5, 5.41) is 0. The van der Waals surface area contributed by atoms with Crippen molar-refractivity contribution < 1.29 is 0 Å². The Hall–Kier alpha value is 0.890. The van der Waals surface area contributed by atoms with Gasteiger partial charge in [0, 0.05) is 11.8 Å². The van der Waals surface area contributed by atoms with Crippen LogP contribution in [-0.4, -0.2) is 4.98 Å². The number of aromatic nitrogens is 1. The van der Waals surface area contributed by atoms with Crippen LogP contribution in [0.15, 0.2) is 18.3 Å². The van der Waals surface area contributed by atoms with Crippen LogP contribution in [0.3, 0.4) is 0 Å². The summed E-state index contributed by atoms with van der Waals surface area (Å²) in [4.78, 5) is 3.85.